The topological polar surface area (TPSA) is 174 Å². The van der Waals surface area contributed by atoms with E-state index in [4.69, 9.17) is 10.5 Å². The van der Waals surface area contributed by atoms with Crippen molar-refractivity contribution >= 4 is 38.2 Å². The number of H-pyrrole nitrogens is 1. The molecular weight excluding hydrogens is 548 g/mol. The van der Waals surface area contributed by atoms with Gasteiger partial charge in [0.1, 0.15) is 22.0 Å². The van der Waals surface area contributed by atoms with Crippen molar-refractivity contribution in [1.82, 2.24) is 14.9 Å². The van der Waals surface area contributed by atoms with E-state index in [0.717, 1.165) is 32.0 Å². The number of fused-ring (bicyclic) bond motifs is 1. The molecule has 5 rings (SSSR count). The summed E-state index contributed by atoms with van der Waals surface area (Å²) in [6.45, 7) is 5.98. The first kappa shape index (κ1) is 28.1. The highest BCUT2D eigenvalue weighted by Crippen LogP contribution is 2.38. The van der Waals surface area contributed by atoms with Crippen molar-refractivity contribution in [2.75, 3.05) is 18.4 Å². The summed E-state index contributed by atoms with van der Waals surface area (Å²) in [5.74, 6) is -1.02. The molecule has 0 unspecified atom stereocenters. The molecule has 0 aliphatic carbocycles. The molecule has 0 spiro atoms. The van der Waals surface area contributed by atoms with Gasteiger partial charge in [0, 0.05) is 42.8 Å². The fraction of sp³-hybridized carbons (Fsp3) is 0.286. The third-order valence-corrected chi connectivity index (χ3v) is 9.00. The molecule has 0 saturated carbocycles. The Balaban J connectivity index is 1.50. The van der Waals surface area contributed by atoms with E-state index in [1.165, 1.54) is 36.5 Å². The smallest absolute Gasteiger partial charge is 0.293 e. The minimum atomic E-state index is -4.40. The van der Waals surface area contributed by atoms with Crippen molar-refractivity contribution < 1.29 is 22.9 Å². The number of rotatable bonds is 9. The van der Waals surface area contributed by atoms with Gasteiger partial charge in [-0.25, -0.2) is 13.4 Å². The second-order valence-electron chi connectivity index (χ2n) is 10.2. The maximum absolute atomic E-state index is 13.9. The van der Waals surface area contributed by atoms with Crippen LogP contribution >= 0.6 is 0 Å². The van der Waals surface area contributed by atoms with Crippen molar-refractivity contribution in [3.8, 4) is 11.5 Å². The lowest BCUT2D eigenvalue weighted by atomic mass is 10.0. The van der Waals surface area contributed by atoms with Gasteiger partial charge in [0.2, 0.25) is 9.84 Å². The number of ether oxygens (including phenoxy) is 1. The average Bonchev–Trinajstić information content (AvgIpc) is 3.41. The molecule has 1 saturated heterocycles. The van der Waals surface area contributed by atoms with E-state index < -0.39 is 20.7 Å². The van der Waals surface area contributed by atoms with E-state index in [0.29, 0.717) is 17.1 Å². The van der Waals surface area contributed by atoms with E-state index in [2.05, 4.69) is 34.0 Å². The van der Waals surface area contributed by atoms with Crippen LogP contribution in [0.4, 0.5) is 11.4 Å². The van der Waals surface area contributed by atoms with Gasteiger partial charge in [-0.15, -0.1) is 0 Å². The zero-order valence-corrected chi connectivity index (χ0v) is 23.3. The van der Waals surface area contributed by atoms with Crippen LogP contribution in [0.2, 0.25) is 0 Å². The summed E-state index contributed by atoms with van der Waals surface area (Å²) >= 11 is 0. The number of hydrogen-bond donors (Lipinski definition) is 3. The van der Waals surface area contributed by atoms with Crippen LogP contribution in [-0.2, 0) is 9.84 Å². The second kappa shape index (κ2) is 11.2. The number of primary amides is 1. The number of nitrogens with one attached hydrogen (secondary N) is 2. The monoisotopic (exact) mass is 578 g/mol. The zero-order chi connectivity index (χ0) is 29.3. The number of hydrogen-bond acceptors (Lipinski definition) is 9. The van der Waals surface area contributed by atoms with Crippen LogP contribution in [0.3, 0.4) is 0 Å². The lowest BCUT2D eigenvalue weighted by Crippen LogP contribution is -2.42. The standard InChI is InChI=1S/C28H30N6O6S/c1-17(2)33-12-9-19(10-13-33)32-23-7-6-21(15-24(23)34(36)37)41(38,39)25-5-3-4-22(27(29)35)26(25)40-20-14-18-8-11-30-28(18)31-16-20/h3-8,11,14-17,19,32H,9-10,12-13H2,1-2H3,(H2,29,35)(H,30,31). The average molecular weight is 579 g/mol. The number of nitrogens with zero attached hydrogens (tertiary/aromatic N) is 3. The van der Waals surface area contributed by atoms with Crippen molar-refractivity contribution in [2.45, 2.75) is 48.6 Å². The Morgan fingerprint density at radius 3 is 2.63 bits per heavy atom. The number of benzene rings is 2. The number of carbonyl (C=O) groups is 1. The molecule has 12 nitrogen and oxygen atoms in total. The Hall–Kier alpha value is -4.49. The number of para-hydroxylation sites is 1. The summed E-state index contributed by atoms with van der Waals surface area (Å²) in [4.78, 5) is 32.5. The number of aromatic amines is 1. The van der Waals surface area contributed by atoms with Gasteiger partial charge < -0.3 is 25.7 Å². The first-order valence-corrected chi connectivity index (χ1v) is 14.6. The summed E-state index contributed by atoms with van der Waals surface area (Å²) < 4.78 is 33.6. The van der Waals surface area contributed by atoms with Gasteiger partial charge in [-0.05, 0) is 63.1 Å². The molecule has 4 aromatic rings. The number of likely N-dealkylation sites (tertiary alicyclic amines) is 1. The minimum absolute atomic E-state index is 0.0179. The summed E-state index contributed by atoms with van der Waals surface area (Å²) in [6.07, 6.45) is 4.68. The molecule has 1 amide bonds. The predicted molar refractivity (Wildman–Crippen MR) is 153 cm³/mol. The number of sulfone groups is 1. The van der Waals surface area contributed by atoms with E-state index in [1.807, 2.05) is 0 Å². The Labute approximate surface area is 236 Å². The van der Waals surface area contributed by atoms with Crippen LogP contribution in [0.5, 0.6) is 11.5 Å². The van der Waals surface area contributed by atoms with Crippen molar-refractivity contribution in [3.05, 3.63) is 76.6 Å². The van der Waals surface area contributed by atoms with Crippen LogP contribution in [0, 0.1) is 10.1 Å². The van der Waals surface area contributed by atoms with Crippen LogP contribution in [0.25, 0.3) is 11.0 Å². The number of anilines is 1. The third-order valence-electron chi connectivity index (χ3n) is 7.22. The Kier molecular flexibility index (Phi) is 7.65. The minimum Gasteiger partial charge on any atom is -0.453 e. The summed E-state index contributed by atoms with van der Waals surface area (Å²) in [5.41, 5.74) is 5.86. The Morgan fingerprint density at radius 1 is 1.20 bits per heavy atom. The van der Waals surface area contributed by atoms with Gasteiger partial charge in [0.05, 0.1) is 21.6 Å². The van der Waals surface area contributed by atoms with Gasteiger partial charge in [-0.3, -0.25) is 14.9 Å². The molecule has 13 heteroatoms. The van der Waals surface area contributed by atoms with Gasteiger partial charge in [-0.1, -0.05) is 6.07 Å². The third kappa shape index (κ3) is 5.72. The normalized spacial score (nSPS) is 14.8. The van der Waals surface area contributed by atoms with Crippen LogP contribution in [-0.4, -0.2) is 59.3 Å². The van der Waals surface area contributed by atoms with Gasteiger partial charge in [0.15, 0.2) is 5.75 Å². The molecule has 1 aliphatic heterocycles. The number of carbonyl (C=O) groups excluding carboxylic acids is 1. The molecule has 214 valence electrons. The van der Waals surface area contributed by atoms with Crippen LogP contribution in [0.15, 0.2) is 70.7 Å². The zero-order valence-electron chi connectivity index (χ0n) is 22.5. The number of piperidine rings is 1. The predicted octanol–water partition coefficient (Wildman–Crippen LogP) is 4.48. The van der Waals surface area contributed by atoms with Crippen molar-refractivity contribution in [2.24, 2.45) is 5.73 Å². The van der Waals surface area contributed by atoms with Gasteiger partial charge >= 0.3 is 0 Å². The molecule has 4 N–H and O–H groups in total. The number of nitro benzene ring substituents is 1. The SMILES string of the molecule is CC(C)N1CCC(Nc2ccc(S(=O)(=O)c3cccc(C(N)=O)c3Oc3cnc4[nH]ccc4c3)cc2[N+](=O)[O-])CC1. The highest BCUT2D eigenvalue weighted by atomic mass is 32.2. The number of pyridine rings is 1. The molecule has 0 radical (unpaired) electrons. The van der Waals surface area contributed by atoms with Crippen molar-refractivity contribution in [3.63, 3.8) is 0 Å². The molecule has 2 aromatic heterocycles. The molecule has 1 fully saturated rings. The van der Waals surface area contributed by atoms with Gasteiger partial charge in [0.25, 0.3) is 11.6 Å². The maximum Gasteiger partial charge on any atom is 0.293 e. The number of aromatic nitrogens is 2. The molecule has 2 aromatic carbocycles. The van der Waals surface area contributed by atoms with E-state index in [9.17, 15) is 23.3 Å². The van der Waals surface area contributed by atoms with E-state index in [1.54, 1.807) is 18.3 Å². The number of nitro groups is 1. The molecule has 41 heavy (non-hydrogen) atoms. The molecule has 1 aliphatic rings. The number of amides is 1. The summed E-state index contributed by atoms with van der Waals surface area (Å²) in [7, 11) is -4.40. The molecular formula is C28H30N6O6S. The lowest BCUT2D eigenvalue weighted by Gasteiger charge is -2.35. The number of nitrogens with two attached hydrogens (primary N) is 1. The highest BCUT2D eigenvalue weighted by Gasteiger charge is 2.30. The Morgan fingerprint density at radius 2 is 1.95 bits per heavy atom. The Bertz CT molecular complexity index is 1730. The fourth-order valence-electron chi connectivity index (χ4n) is 4.98. The lowest BCUT2D eigenvalue weighted by molar-refractivity contribution is -0.384. The summed E-state index contributed by atoms with van der Waals surface area (Å²) in [6, 6.07) is 11.5. The second-order valence-corrected chi connectivity index (χ2v) is 12.1. The fourth-order valence-corrected chi connectivity index (χ4v) is 6.40. The summed E-state index contributed by atoms with van der Waals surface area (Å²) in [5, 5.41) is 16.0. The first-order chi connectivity index (χ1) is 19.5. The van der Waals surface area contributed by atoms with Crippen molar-refractivity contribution in [1.29, 1.82) is 0 Å². The van der Waals surface area contributed by atoms with Crippen LogP contribution in [0.1, 0.15) is 37.0 Å². The molecule has 0 bridgehead atoms. The van der Waals surface area contributed by atoms with E-state index in [-0.39, 0.29) is 44.3 Å². The maximum atomic E-state index is 13.9. The first-order valence-electron chi connectivity index (χ1n) is 13.1. The quantitative estimate of drug-likeness (QED) is 0.191. The molecule has 3 heterocycles. The highest BCUT2D eigenvalue weighted by molar-refractivity contribution is 7.91. The van der Waals surface area contributed by atoms with Gasteiger partial charge in [-0.2, -0.15) is 0 Å². The molecule has 0 atom stereocenters. The van der Waals surface area contributed by atoms with Crippen LogP contribution < -0.4 is 15.8 Å². The largest absolute Gasteiger partial charge is 0.453 e. The van der Waals surface area contributed by atoms with E-state index >= 15 is 0 Å².